The third-order valence-electron chi connectivity index (χ3n) is 5.82. The summed E-state index contributed by atoms with van der Waals surface area (Å²) in [4.78, 5) is 12.5. The topological polar surface area (TPSA) is 34.1 Å². The molecule has 0 amide bonds. The maximum atomic E-state index is 4.92. The van der Waals surface area contributed by atoms with Crippen molar-refractivity contribution >= 4 is 5.96 Å². The molecule has 1 atom stereocenters. The second-order valence-electron chi connectivity index (χ2n) is 7.47. The Balaban J connectivity index is 1.48. The van der Waals surface area contributed by atoms with Gasteiger partial charge in [0.25, 0.3) is 0 Å². The van der Waals surface area contributed by atoms with Crippen molar-refractivity contribution in [3.05, 3.63) is 12.2 Å². The molecule has 5 nitrogen and oxygen atoms in total. The van der Waals surface area contributed by atoms with Gasteiger partial charge in [-0.2, -0.15) is 0 Å². The number of guanidine groups is 1. The van der Waals surface area contributed by atoms with Crippen LogP contribution in [-0.4, -0.2) is 85.6 Å². The van der Waals surface area contributed by atoms with Crippen LogP contribution in [0.15, 0.2) is 17.1 Å². The lowest BCUT2D eigenvalue weighted by atomic mass is 10.2. The van der Waals surface area contributed by atoms with E-state index >= 15 is 0 Å². The maximum Gasteiger partial charge on any atom is 0.194 e. The van der Waals surface area contributed by atoms with Crippen molar-refractivity contribution < 1.29 is 0 Å². The van der Waals surface area contributed by atoms with E-state index in [-0.39, 0.29) is 0 Å². The summed E-state index contributed by atoms with van der Waals surface area (Å²) in [6, 6.07) is 1.48. The Morgan fingerprint density at radius 2 is 1.96 bits per heavy atom. The van der Waals surface area contributed by atoms with Crippen LogP contribution in [-0.2, 0) is 0 Å². The Bertz CT molecular complexity index is 433. The number of rotatable bonds is 6. The lowest BCUT2D eigenvalue weighted by molar-refractivity contribution is 0.251. The molecule has 1 saturated carbocycles. The zero-order valence-corrected chi connectivity index (χ0v) is 15.6. The zero-order valence-electron chi connectivity index (χ0n) is 15.6. The summed E-state index contributed by atoms with van der Waals surface area (Å²) in [5.74, 6) is 1.12. The number of aliphatic imine (C=N–C) groups is 1. The molecular formula is C19H35N5. The van der Waals surface area contributed by atoms with Crippen LogP contribution in [0.5, 0.6) is 0 Å². The Kier molecular flexibility index (Phi) is 6.55. The van der Waals surface area contributed by atoms with Gasteiger partial charge in [-0.1, -0.05) is 25.0 Å². The van der Waals surface area contributed by atoms with E-state index in [1.165, 1.54) is 32.1 Å². The van der Waals surface area contributed by atoms with Crippen molar-refractivity contribution in [3.8, 4) is 0 Å². The molecule has 0 bridgehead atoms. The number of likely N-dealkylation sites (tertiary alicyclic amines) is 1. The zero-order chi connectivity index (χ0) is 16.8. The normalized spacial score (nSPS) is 26.2. The second kappa shape index (κ2) is 8.86. The van der Waals surface area contributed by atoms with Crippen molar-refractivity contribution in [2.75, 3.05) is 52.9 Å². The van der Waals surface area contributed by atoms with Crippen LogP contribution in [0.25, 0.3) is 0 Å². The first-order chi connectivity index (χ1) is 11.8. The number of nitrogens with one attached hydrogen (secondary N) is 1. The Hall–Kier alpha value is -1.07. The Morgan fingerprint density at radius 1 is 1.21 bits per heavy atom. The summed E-state index contributed by atoms with van der Waals surface area (Å²) >= 11 is 0. The molecular weight excluding hydrogens is 298 g/mol. The summed E-state index contributed by atoms with van der Waals surface area (Å²) in [7, 11) is 2.27. The van der Waals surface area contributed by atoms with E-state index in [0.29, 0.717) is 6.04 Å². The molecule has 136 valence electrons. The first-order valence-corrected chi connectivity index (χ1v) is 9.90. The molecule has 0 spiro atoms. The van der Waals surface area contributed by atoms with Crippen molar-refractivity contribution in [1.29, 1.82) is 0 Å². The molecule has 5 heteroatoms. The largest absolute Gasteiger partial charge is 0.357 e. The van der Waals surface area contributed by atoms with Crippen LogP contribution in [0.4, 0.5) is 0 Å². The van der Waals surface area contributed by atoms with Gasteiger partial charge in [-0.05, 0) is 33.2 Å². The molecule has 1 saturated heterocycles. The number of hydrogen-bond donors (Lipinski definition) is 1. The standard InChI is InChI=1S/C19H35N5/c1-3-20-19(21-11-15-22(2)17-8-4-5-9-17)24-14-10-18(16-24)23-12-6-7-13-23/h6-7,17-18H,3-5,8-16H2,1-2H3,(H,20,21). The van der Waals surface area contributed by atoms with Crippen LogP contribution in [0.2, 0.25) is 0 Å². The quantitative estimate of drug-likeness (QED) is 0.456. The first kappa shape index (κ1) is 17.7. The average Bonchev–Trinajstić information content (AvgIpc) is 3.35. The van der Waals surface area contributed by atoms with Crippen molar-refractivity contribution in [3.63, 3.8) is 0 Å². The Labute approximate surface area is 147 Å². The van der Waals surface area contributed by atoms with Gasteiger partial charge < -0.3 is 15.1 Å². The highest BCUT2D eigenvalue weighted by atomic mass is 15.3. The molecule has 0 aromatic heterocycles. The fraction of sp³-hybridized carbons (Fsp3) is 0.842. The van der Waals surface area contributed by atoms with Gasteiger partial charge in [-0.25, -0.2) is 0 Å². The lowest BCUT2D eigenvalue weighted by Crippen LogP contribution is -2.43. The van der Waals surface area contributed by atoms with Gasteiger partial charge >= 0.3 is 0 Å². The molecule has 2 fully saturated rings. The highest BCUT2D eigenvalue weighted by molar-refractivity contribution is 5.80. The van der Waals surface area contributed by atoms with Gasteiger partial charge in [0.2, 0.25) is 0 Å². The summed E-state index contributed by atoms with van der Waals surface area (Å²) in [6.45, 7) is 9.59. The van der Waals surface area contributed by atoms with Gasteiger partial charge in [-0.15, -0.1) is 0 Å². The maximum absolute atomic E-state index is 4.92. The minimum atomic E-state index is 0.685. The van der Waals surface area contributed by atoms with Gasteiger partial charge in [0, 0.05) is 51.4 Å². The van der Waals surface area contributed by atoms with E-state index in [0.717, 1.165) is 57.8 Å². The predicted octanol–water partition coefficient (Wildman–Crippen LogP) is 1.77. The molecule has 24 heavy (non-hydrogen) atoms. The van der Waals surface area contributed by atoms with Gasteiger partial charge in [0.15, 0.2) is 5.96 Å². The van der Waals surface area contributed by atoms with E-state index < -0.39 is 0 Å². The second-order valence-corrected chi connectivity index (χ2v) is 7.47. The highest BCUT2D eigenvalue weighted by Crippen LogP contribution is 2.22. The minimum absolute atomic E-state index is 0.685. The van der Waals surface area contributed by atoms with Crippen LogP contribution < -0.4 is 5.32 Å². The average molecular weight is 334 g/mol. The predicted molar refractivity (Wildman–Crippen MR) is 102 cm³/mol. The van der Waals surface area contributed by atoms with E-state index in [1.807, 2.05) is 0 Å². The van der Waals surface area contributed by atoms with Crippen LogP contribution >= 0.6 is 0 Å². The number of hydrogen-bond acceptors (Lipinski definition) is 3. The summed E-state index contributed by atoms with van der Waals surface area (Å²) < 4.78 is 0. The smallest absolute Gasteiger partial charge is 0.194 e. The lowest BCUT2D eigenvalue weighted by Gasteiger charge is -2.26. The third kappa shape index (κ3) is 4.51. The van der Waals surface area contributed by atoms with Crippen LogP contribution in [0.1, 0.15) is 39.0 Å². The number of nitrogens with zero attached hydrogens (tertiary/aromatic N) is 4. The van der Waals surface area contributed by atoms with Crippen LogP contribution in [0.3, 0.4) is 0 Å². The molecule has 2 aliphatic heterocycles. The van der Waals surface area contributed by atoms with E-state index in [2.05, 4.69) is 46.1 Å². The highest BCUT2D eigenvalue weighted by Gasteiger charge is 2.29. The van der Waals surface area contributed by atoms with Gasteiger partial charge in [0.05, 0.1) is 6.54 Å². The fourth-order valence-corrected chi connectivity index (χ4v) is 4.29. The molecule has 0 radical (unpaired) electrons. The fourth-order valence-electron chi connectivity index (χ4n) is 4.29. The van der Waals surface area contributed by atoms with E-state index in [9.17, 15) is 0 Å². The number of likely N-dealkylation sites (N-methyl/N-ethyl adjacent to an activating group) is 1. The van der Waals surface area contributed by atoms with Crippen molar-refractivity contribution in [2.24, 2.45) is 4.99 Å². The molecule has 1 unspecified atom stereocenters. The monoisotopic (exact) mass is 333 g/mol. The summed E-state index contributed by atoms with van der Waals surface area (Å²) in [6.07, 6.45) is 11.4. The summed E-state index contributed by atoms with van der Waals surface area (Å²) in [5, 5.41) is 3.50. The Morgan fingerprint density at radius 3 is 2.67 bits per heavy atom. The summed E-state index contributed by atoms with van der Waals surface area (Å²) in [5.41, 5.74) is 0. The van der Waals surface area contributed by atoms with E-state index in [1.54, 1.807) is 0 Å². The SMILES string of the molecule is CCNC(=NCCN(C)C1CCCC1)N1CCC(N2CC=CC2)C1. The molecule has 3 rings (SSSR count). The minimum Gasteiger partial charge on any atom is -0.357 e. The molecule has 1 aliphatic carbocycles. The van der Waals surface area contributed by atoms with Crippen molar-refractivity contribution in [2.45, 2.75) is 51.1 Å². The molecule has 1 N–H and O–H groups in total. The molecule has 0 aromatic rings. The first-order valence-electron chi connectivity index (χ1n) is 9.90. The molecule has 2 heterocycles. The molecule has 3 aliphatic rings. The van der Waals surface area contributed by atoms with E-state index in [4.69, 9.17) is 4.99 Å². The van der Waals surface area contributed by atoms with Crippen molar-refractivity contribution in [1.82, 2.24) is 20.0 Å². The van der Waals surface area contributed by atoms with Gasteiger partial charge in [0.1, 0.15) is 0 Å². The molecule has 0 aromatic carbocycles. The third-order valence-corrected chi connectivity index (χ3v) is 5.82. The van der Waals surface area contributed by atoms with Crippen LogP contribution in [0, 0.1) is 0 Å². The van der Waals surface area contributed by atoms with Gasteiger partial charge in [-0.3, -0.25) is 9.89 Å².